The molecular formula is C32H43N3O5S2. The number of nitrogens with one attached hydrogen (secondary N) is 2. The van der Waals surface area contributed by atoms with E-state index >= 15 is 0 Å². The van der Waals surface area contributed by atoms with Crippen LogP contribution in [0.15, 0.2) is 82.6 Å². The first kappa shape index (κ1) is 36.5. The molecule has 10 heteroatoms. The van der Waals surface area contributed by atoms with Gasteiger partial charge in [0.15, 0.2) is 19.7 Å². The van der Waals surface area contributed by atoms with Crippen LogP contribution in [0.5, 0.6) is 0 Å². The van der Waals surface area contributed by atoms with Gasteiger partial charge in [0.05, 0.1) is 27.9 Å². The van der Waals surface area contributed by atoms with E-state index in [9.17, 15) is 21.6 Å². The van der Waals surface area contributed by atoms with Crippen molar-refractivity contribution < 1.29 is 21.6 Å². The number of benzene rings is 3. The molecule has 0 radical (unpaired) electrons. The molecule has 0 fully saturated rings. The molecular weight excluding hydrogens is 571 g/mol. The Morgan fingerprint density at radius 2 is 1.05 bits per heavy atom. The molecule has 0 aliphatic rings. The van der Waals surface area contributed by atoms with Crippen molar-refractivity contribution in [3.05, 3.63) is 83.9 Å². The summed E-state index contributed by atoms with van der Waals surface area (Å²) in [6.07, 6.45) is 2.30. The summed E-state index contributed by atoms with van der Waals surface area (Å²) in [7, 11) is -6.64. The second-order valence-corrected chi connectivity index (χ2v) is 14.2. The number of carbonyl (C=O) groups excluding carboxylic acids is 1. The summed E-state index contributed by atoms with van der Waals surface area (Å²) in [6, 6.07) is 21.4. The lowest BCUT2D eigenvalue weighted by atomic mass is 9.95. The molecule has 1 amide bonds. The van der Waals surface area contributed by atoms with Crippen LogP contribution < -0.4 is 10.6 Å². The van der Waals surface area contributed by atoms with Crippen LogP contribution in [0.3, 0.4) is 0 Å². The SMILES string of the molecule is CC.CC(C)C.C[C@H](NC(c1ccc(-c2ccc(S(C)(=O)=O)cc2)cc1)c1ccc(S(C)(=O)=O)cc1)C(=O)NCC#N. The first-order valence-corrected chi connectivity index (χ1v) is 17.5. The molecule has 8 nitrogen and oxygen atoms in total. The van der Waals surface area contributed by atoms with Gasteiger partial charge in [-0.25, -0.2) is 16.8 Å². The minimum absolute atomic E-state index is 0.106. The van der Waals surface area contributed by atoms with E-state index in [0.717, 1.165) is 40.7 Å². The Bertz CT molecular complexity index is 1520. The molecule has 1 unspecified atom stereocenters. The molecule has 42 heavy (non-hydrogen) atoms. The normalized spacial score (nSPS) is 12.5. The van der Waals surface area contributed by atoms with Crippen molar-refractivity contribution in [3.63, 3.8) is 0 Å². The van der Waals surface area contributed by atoms with Gasteiger partial charge in [-0.2, -0.15) is 5.26 Å². The zero-order valence-corrected chi connectivity index (χ0v) is 27.3. The van der Waals surface area contributed by atoms with Gasteiger partial charge in [0.2, 0.25) is 5.91 Å². The van der Waals surface area contributed by atoms with E-state index in [-0.39, 0.29) is 22.2 Å². The number of amides is 1. The summed E-state index contributed by atoms with van der Waals surface area (Å²) in [5.74, 6) is 0.497. The largest absolute Gasteiger partial charge is 0.342 e. The Labute approximate surface area is 252 Å². The second kappa shape index (κ2) is 16.8. The van der Waals surface area contributed by atoms with Crippen molar-refractivity contribution >= 4 is 25.6 Å². The third-order valence-electron chi connectivity index (χ3n) is 5.65. The molecule has 228 valence electrons. The fourth-order valence-electron chi connectivity index (χ4n) is 3.66. The molecule has 0 bridgehead atoms. The highest BCUT2D eigenvalue weighted by Crippen LogP contribution is 2.28. The maximum Gasteiger partial charge on any atom is 0.237 e. The Morgan fingerprint density at radius 1 is 0.714 bits per heavy atom. The Morgan fingerprint density at radius 3 is 1.40 bits per heavy atom. The zero-order chi connectivity index (χ0) is 32.1. The van der Waals surface area contributed by atoms with Crippen molar-refractivity contribution in [2.45, 2.75) is 63.4 Å². The highest BCUT2D eigenvalue weighted by molar-refractivity contribution is 7.91. The molecule has 3 rings (SSSR count). The van der Waals surface area contributed by atoms with Gasteiger partial charge in [0, 0.05) is 12.5 Å². The summed E-state index contributed by atoms with van der Waals surface area (Å²) in [6.45, 7) is 12.1. The molecule has 2 N–H and O–H groups in total. The fourth-order valence-corrected chi connectivity index (χ4v) is 4.92. The van der Waals surface area contributed by atoms with E-state index in [4.69, 9.17) is 5.26 Å². The molecule has 0 saturated carbocycles. The van der Waals surface area contributed by atoms with Gasteiger partial charge in [-0.1, -0.05) is 83.1 Å². The topological polar surface area (TPSA) is 133 Å². The van der Waals surface area contributed by atoms with Crippen LogP contribution in [0.2, 0.25) is 0 Å². The quantitative estimate of drug-likeness (QED) is 0.302. The number of hydrogen-bond acceptors (Lipinski definition) is 7. The van der Waals surface area contributed by atoms with Gasteiger partial charge < -0.3 is 5.32 Å². The summed E-state index contributed by atoms with van der Waals surface area (Å²) in [4.78, 5) is 12.8. The second-order valence-electron chi connectivity index (χ2n) is 10.2. The monoisotopic (exact) mass is 613 g/mol. The van der Waals surface area contributed by atoms with Crippen LogP contribution in [0.25, 0.3) is 11.1 Å². The Hall–Kier alpha value is -3.52. The maximum atomic E-state index is 12.4. The van der Waals surface area contributed by atoms with Crippen molar-refractivity contribution in [2.75, 3.05) is 19.1 Å². The third kappa shape index (κ3) is 11.8. The molecule has 0 aliphatic carbocycles. The highest BCUT2D eigenvalue weighted by atomic mass is 32.2. The lowest BCUT2D eigenvalue weighted by Crippen LogP contribution is -2.44. The van der Waals surface area contributed by atoms with E-state index in [1.54, 1.807) is 43.3 Å². The Kier molecular flexibility index (Phi) is 14.6. The van der Waals surface area contributed by atoms with Crippen LogP contribution in [0.1, 0.15) is 58.7 Å². The van der Waals surface area contributed by atoms with Gasteiger partial charge in [0.1, 0.15) is 6.54 Å². The van der Waals surface area contributed by atoms with E-state index in [0.29, 0.717) is 0 Å². The van der Waals surface area contributed by atoms with Crippen molar-refractivity contribution in [2.24, 2.45) is 5.92 Å². The molecule has 0 heterocycles. The number of rotatable bonds is 9. The summed E-state index contributed by atoms with van der Waals surface area (Å²) in [5.41, 5.74) is 3.32. The van der Waals surface area contributed by atoms with Gasteiger partial charge in [-0.15, -0.1) is 0 Å². The zero-order valence-electron chi connectivity index (χ0n) is 25.7. The van der Waals surface area contributed by atoms with E-state index in [1.165, 1.54) is 12.1 Å². The molecule has 3 aromatic rings. The third-order valence-corrected chi connectivity index (χ3v) is 7.91. The van der Waals surface area contributed by atoms with E-state index in [2.05, 4.69) is 31.4 Å². The van der Waals surface area contributed by atoms with Crippen molar-refractivity contribution in [3.8, 4) is 17.2 Å². The van der Waals surface area contributed by atoms with Crippen LogP contribution >= 0.6 is 0 Å². The van der Waals surface area contributed by atoms with Gasteiger partial charge in [0.25, 0.3) is 0 Å². The van der Waals surface area contributed by atoms with Gasteiger partial charge in [-0.05, 0) is 59.4 Å². The highest BCUT2D eigenvalue weighted by Gasteiger charge is 2.21. The number of nitrogens with zero attached hydrogens (tertiary/aromatic N) is 1. The minimum atomic E-state index is -3.36. The standard InChI is InChI=1S/C26H27N3O5S2.C4H10.C2H6/c1-18(26(30)28-17-16-27)29-25(22-10-14-24(15-11-22)36(3,33)34)21-6-4-19(5-7-21)20-8-12-23(13-9-20)35(2,31)32;1-4(2)3;1-2/h4-15,18,25,29H,17H2,1-3H3,(H,28,30);4H,1-3H3;1-2H3/t18-,25?;;/m0../s1. The number of nitriles is 1. The fraction of sp³-hybridized carbons (Fsp3) is 0.375. The first-order valence-electron chi connectivity index (χ1n) is 13.7. The van der Waals surface area contributed by atoms with Gasteiger partial charge >= 0.3 is 0 Å². The van der Waals surface area contributed by atoms with E-state index < -0.39 is 31.8 Å². The molecule has 0 aromatic heterocycles. The molecule has 0 spiro atoms. The van der Waals surface area contributed by atoms with E-state index in [1.807, 2.05) is 44.2 Å². The van der Waals surface area contributed by atoms with Crippen molar-refractivity contribution in [1.82, 2.24) is 10.6 Å². The molecule has 3 aromatic carbocycles. The van der Waals surface area contributed by atoms with Gasteiger partial charge in [-0.3, -0.25) is 10.1 Å². The molecule has 0 saturated heterocycles. The van der Waals surface area contributed by atoms with Crippen LogP contribution in [0, 0.1) is 17.2 Å². The van der Waals surface area contributed by atoms with Crippen LogP contribution in [0.4, 0.5) is 0 Å². The van der Waals surface area contributed by atoms with Crippen LogP contribution in [-0.4, -0.2) is 47.8 Å². The minimum Gasteiger partial charge on any atom is -0.342 e. The summed E-state index contributed by atoms with van der Waals surface area (Å²) >= 11 is 0. The van der Waals surface area contributed by atoms with Crippen LogP contribution in [-0.2, 0) is 24.5 Å². The Balaban J connectivity index is 0.00000135. The number of sulfone groups is 2. The number of hydrogen-bond donors (Lipinski definition) is 2. The van der Waals surface area contributed by atoms with Crippen molar-refractivity contribution in [1.29, 1.82) is 5.26 Å². The predicted octanol–water partition coefficient (Wildman–Crippen LogP) is 5.56. The summed E-state index contributed by atoms with van der Waals surface area (Å²) < 4.78 is 47.2. The average Bonchev–Trinajstić information content (AvgIpc) is 2.94. The number of carbonyl (C=O) groups is 1. The lowest BCUT2D eigenvalue weighted by molar-refractivity contribution is -0.122. The smallest absolute Gasteiger partial charge is 0.237 e. The maximum absolute atomic E-state index is 12.4. The average molecular weight is 614 g/mol. The summed E-state index contributed by atoms with van der Waals surface area (Å²) in [5, 5.41) is 14.5. The molecule has 2 atom stereocenters. The molecule has 0 aliphatic heterocycles. The first-order chi connectivity index (χ1) is 19.6. The lowest BCUT2D eigenvalue weighted by Gasteiger charge is -2.24. The predicted molar refractivity (Wildman–Crippen MR) is 169 cm³/mol.